The Hall–Kier alpha value is -3.85. The van der Waals surface area contributed by atoms with Gasteiger partial charge in [-0.25, -0.2) is 13.2 Å². The van der Waals surface area contributed by atoms with Crippen LogP contribution in [0.3, 0.4) is 0 Å². The van der Waals surface area contributed by atoms with Gasteiger partial charge < -0.3 is 14.9 Å². The lowest BCUT2D eigenvalue weighted by Gasteiger charge is -2.38. The van der Waals surface area contributed by atoms with Gasteiger partial charge >= 0.3 is 5.97 Å². The van der Waals surface area contributed by atoms with Crippen LogP contribution < -0.4 is 14.5 Å². The van der Waals surface area contributed by atoms with Gasteiger partial charge in [0, 0.05) is 37.4 Å². The molecule has 0 aromatic heterocycles. The number of sulfonamides is 1. The number of aryl methyl sites for hydroxylation is 1. The Balaban J connectivity index is 1.57. The Morgan fingerprint density at radius 1 is 0.857 bits per heavy atom. The quantitative estimate of drug-likeness (QED) is 0.479. The molecule has 0 amide bonds. The first-order chi connectivity index (χ1) is 16.6. The third-order valence-electron chi connectivity index (χ3n) is 6.05. The molecule has 182 valence electrons. The summed E-state index contributed by atoms with van der Waals surface area (Å²) in [7, 11) is -3.91. The largest absolute Gasteiger partial charge is 0.478 e. The highest BCUT2D eigenvalue weighted by Crippen LogP contribution is 2.31. The molecule has 0 unspecified atom stereocenters. The average Bonchev–Trinajstić information content (AvgIpc) is 2.84. The Kier molecular flexibility index (Phi) is 6.79. The van der Waals surface area contributed by atoms with Crippen LogP contribution in [0.25, 0.3) is 0 Å². The molecule has 3 aromatic rings. The summed E-state index contributed by atoms with van der Waals surface area (Å²) in [6.45, 7) is 5.94. The van der Waals surface area contributed by atoms with E-state index in [0.717, 1.165) is 11.3 Å². The first-order valence-electron chi connectivity index (χ1n) is 11.2. The third-order valence-corrected chi connectivity index (χ3v) is 7.41. The smallest absolute Gasteiger partial charge is 0.335 e. The number of aromatic carboxylic acids is 1. The van der Waals surface area contributed by atoms with Crippen LogP contribution in [0.2, 0.25) is 0 Å². The number of carbonyl (C=O) groups is 2. The van der Waals surface area contributed by atoms with Gasteiger partial charge in [0.1, 0.15) is 0 Å². The summed E-state index contributed by atoms with van der Waals surface area (Å²) >= 11 is 0. The van der Waals surface area contributed by atoms with Gasteiger partial charge in [-0.1, -0.05) is 12.1 Å². The Morgan fingerprint density at radius 2 is 1.49 bits per heavy atom. The highest BCUT2D eigenvalue weighted by atomic mass is 32.2. The molecule has 0 aliphatic carbocycles. The molecule has 1 fully saturated rings. The minimum atomic E-state index is -3.91. The number of benzene rings is 3. The monoisotopic (exact) mass is 493 g/mol. The van der Waals surface area contributed by atoms with E-state index in [1.807, 2.05) is 42.2 Å². The zero-order chi connectivity index (χ0) is 25.2. The van der Waals surface area contributed by atoms with Crippen LogP contribution in [0, 0.1) is 6.92 Å². The van der Waals surface area contributed by atoms with Crippen LogP contribution in [-0.2, 0) is 10.0 Å². The van der Waals surface area contributed by atoms with E-state index >= 15 is 0 Å². The van der Waals surface area contributed by atoms with E-state index in [2.05, 4.69) is 9.62 Å². The van der Waals surface area contributed by atoms with Crippen LogP contribution in [0.1, 0.15) is 33.2 Å². The number of nitrogens with zero attached hydrogens (tertiary/aromatic N) is 2. The van der Waals surface area contributed by atoms with Gasteiger partial charge in [0.25, 0.3) is 10.0 Å². The molecule has 0 saturated carbocycles. The minimum Gasteiger partial charge on any atom is -0.478 e. The van der Waals surface area contributed by atoms with Crippen LogP contribution in [0.15, 0.2) is 71.6 Å². The zero-order valence-electron chi connectivity index (χ0n) is 19.6. The predicted molar refractivity (Wildman–Crippen MR) is 136 cm³/mol. The summed E-state index contributed by atoms with van der Waals surface area (Å²) in [6, 6.07) is 18.5. The molecule has 2 N–H and O–H groups in total. The molecule has 1 saturated heterocycles. The highest BCUT2D eigenvalue weighted by Gasteiger charge is 2.23. The van der Waals surface area contributed by atoms with Crippen LogP contribution in [0.5, 0.6) is 0 Å². The molecule has 1 heterocycles. The minimum absolute atomic E-state index is 0.000103. The molecule has 4 rings (SSSR count). The fourth-order valence-electron chi connectivity index (χ4n) is 4.13. The van der Waals surface area contributed by atoms with Crippen molar-refractivity contribution in [2.45, 2.75) is 18.7 Å². The van der Waals surface area contributed by atoms with Gasteiger partial charge in [-0.2, -0.15) is 0 Å². The number of carboxylic acids is 1. The van der Waals surface area contributed by atoms with Gasteiger partial charge in [-0.15, -0.1) is 0 Å². The topological polar surface area (TPSA) is 107 Å². The van der Waals surface area contributed by atoms with Crippen molar-refractivity contribution in [2.24, 2.45) is 0 Å². The van der Waals surface area contributed by atoms with Crippen molar-refractivity contribution in [1.82, 2.24) is 0 Å². The molecule has 8 nitrogen and oxygen atoms in total. The number of carboxylic acid groups (broad SMARTS) is 1. The summed E-state index contributed by atoms with van der Waals surface area (Å²) < 4.78 is 28.8. The number of anilines is 3. The highest BCUT2D eigenvalue weighted by molar-refractivity contribution is 7.92. The maximum atomic E-state index is 13.1. The Bertz CT molecular complexity index is 1360. The normalized spacial score (nSPS) is 14.0. The number of ketones is 1. The first kappa shape index (κ1) is 24.3. The van der Waals surface area contributed by atoms with Crippen molar-refractivity contribution < 1.29 is 23.1 Å². The molecule has 0 radical (unpaired) electrons. The number of piperazine rings is 1. The van der Waals surface area contributed by atoms with Gasteiger partial charge in [-0.05, 0) is 74.0 Å². The fourth-order valence-corrected chi connectivity index (χ4v) is 5.29. The number of nitrogens with one attached hydrogen (secondary N) is 1. The molecule has 0 spiro atoms. The molecular weight excluding hydrogens is 466 g/mol. The molecule has 3 aromatic carbocycles. The van der Waals surface area contributed by atoms with E-state index in [1.54, 1.807) is 18.2 Å². The maximum Gasteiger partial charge on any atom is 0.335 e. The summed E-state index contributed by atoms with van der Waals surface area (Å²) in [4.78, 5) is 27.5. The van der Waals surface area contributed by atoms with Crippen molar-refractivity contribution in [3.05, 3.63) is 83.4 Å². The SMILES string of the molecule is CC(=O)c1ccc(N2CCN(c3ccc(C(=O)O)cc3NS(=O)(=O)c3cccc(C)c3)CC2)cc1. The number of hydrogen-bond donors (Lipinski definition) is 2. The lowest BCUT2D eigenvalue weighted by molar-refractivity contribution is 0.0696. The lowest BCUT2D eigenvalue weighted by Crippen LogP contribution is -2.46. The second-order valence-corrected chi connectivity index (χ2v) is 10.2. The maximum absolute atomic E-state index is 13.1. The Morgan fingerprint density at radius 3 is 2.09 bits per heavy atom. The zero-order valence-corrected chi connectivity index (χ0v) is 20.4. The number of carbonyl (C=O) groups excluding carboxylic acids is 1. The molecule has 0 bridgehead atoms. The van der Waals surface area contributed by atoms with E-state index in [0.29, 0.717) is 37.4 Å². The number of rotatable bonds is 7. The molecule has 0 atom stereocenters. The van der Waals surface area contributed by atoms with Gasteiger partial charge in [0.05, 0.1) is 21.8 Å². The standard InChI is InChI=1S/C26H27N3O5S/c1-18-4-3-5-23(16-18)35(33,34)27-24-17-21(26(31)32)8-11-25(24)29-14-12-28(13-15-29)22-9-6-20(7-10-22)19(2)30/h3-11,16-17,27H,12-15H2,1-2H3,(H,31,32). The molecule has 35 heavy (non-hydrogen) atoms. The van der Waals surface area contributed by atoms with E-state index in [9.17, 15) is 23.1 Å². The van der Waals surface area contributed by atoms with Crippen molar-refractivity contribution in [2.75, 3.05) is 40.7 Å². The lowest BCUT2D eigenvalue weighted by atomic mass is 10.1. The van der Waals surface area contributed by atoms with Gasteiger partial charge in [0.15, 0.2) is 5.78 Å². The van der Waals surface area contributed by atoms with Gasteiger partial charge in [0.2, 0.25) is 0 Å². The van der Waals surface area contributed by atoms with Crippen LogP contribution in [-0.4, -0.2) is 51.5 Å². The van der Waals surface area contributed by atoms with Crippen LogP contribution >= 0.6 is 0 Å². The molecule has 9 heteroatoms. The van der Waals surface area contributed by atoms with Crippen molar-refractivity contribution >= 4 is 38.8 Å². The molecule has 1 aliphatic rings. The number of hydrogen-bond acceptors (Lipinski definition) is 6. The third kappa shape index (κ3) is 5.46. The predicted octanol–water partition coefficient (Wildman–Crippen LogP) is 4.02. The van der Waals surface area contributed by atoms with E-state index < -0.39 is 16.0 Å². The molecule has 1 aliphatic heterocycles. The summed E-state index contributed by atoms with van der Waals surface area (Å²) in [5.74, 6) is -1.11. The second kappa shape index (κ2) is 9.79. The van der Waals surface area contributed by atoms with Crippen molar-refractivity contribution in [3.8, 4) is 0 Å². The summed E-state index contributed by atoms with van der Waals surface area (Å²) in [6.07, 6.45) is 0. The molecular formula is C26H27N3O5S. The van der Waals surface area contributed by atoms with E-state index in [-0.39, 0.29) is 21.9 Å². The second-order valence-electron chi connectivity index (χ2n) is 8.54. The van der Waals surface area contributed by atoms with Crippen molar-refractivity contribution in [3.63, 3.8) is 0 Å². The Labute approximate surface area is 204 Å². The average molecular weight is 494 g/mol. The van der Waals surface area contributed by atoms with Crippen molar-refractivity contribution in [1.29, 1.82) is 0 Å². The van der Waals surface area contributed by atoms with Gasteiger partial charge in [-0.3, -0.25) is 9.52 Å². The summed E-state index contributed by atoms with van der Waals surface area (Å²) in [5, 5.41) is 9.46. The number of Topliss-reactive ketones (excluding diaryl/α,β-unsaturated/α-hetero) is 1. The summed E-state index contributed by atoms with van der Waals surface area (Å²) in [5.41, 5.74) is 3.33. The van der Waals surface area contributed by atoms with Crippen LogP contribution in [0.4, 0.5) is 17.1 Å². The van der Waals surface area contributed by atoms with E-state index in [1.165, 1.54) is 25.1 Å². The first-order valence-corrected chi connectivity index (χ1v) is 12.7. The van der Waals surface area contributed by atoms with E-state index in [4.69, 9.17) is 0 Å². The fraction of sp³-hybridized carbons (Fsp3) is 0.231.